The Morgan fingerprint density at radius 1 is 1.07 bits per heavy atom. The Hall–Kier alpha value is -1.45. The molecule has 0 radical (unpaired) electrons. The number of hydrogen-bond donors (Lipinski definition) is 1. The van der Waals surface area contributed by atoms with Gasteiger partial charge in [0.1, 0.15) is 0 Å². The van der Waals surface area contributed by atoms with Crippen LogP contribution in [0.3, 0.4) is 0 Å². The molecule has 1 saturated carbocycles. The van der Waals surface area contributed by atoms with Crippen LogP contribution in [0.15, 0.2) is 23.8 Å². The van der Waals surface area contributed by atoms with Gasteiger partial charge in [0.2, 0.25) is 0 Å². The van der Waals surface area contributed by atoms with Gasteiger partial charge >= 0.3 is 6.09 Å². The monoisotopic (exact) mass is 618 g/mol. The Morgan fingerprint density at radius 3 is 2.43 bits per heavy atom. The Morgan fingerprint density at radius 2 is 1.77 bits per heavy atom. The second kappa shape index (κ2) is 16.4. The van der Waals surface area contributed by atoms with Crippen LogP contribution in [0.25, 0.3) is 0 Å². The van der Waals surface area contributed by atoms with Crippen LogP contribution in [-0.2, 0) is 18.9 Å². The number of aliphatic hydroxyl groups excluding tert-OH is 1. The second-order valence-electron chi connectivity index (χ2n) is 14.6. The number of rotatable bonds is 13. The lowest BCUT2D eigenvalue weighted by molar-refractivity contribution is -0.0688. The lowest BCUT2D eigenvalue weighted by atomic mass is 9.85. The summed E-state index contributed by atoms with van der Waals surface area (Å²) in [6, 6.07) is 0.714. The largest absolute Gasteiger partial charge is 0.449 e. The third-order valence-corrected chi connectivity index (χ3v) is 10.8. The van der Waals surface area contributed by atoms with E-state index in [9.17, 15) is 9.90 Å². The van der Waals surface area contributed by atoms with Crippen molar-refractivity contribution < 1.29 is 28.8 Å². The highest BCUT2D eigenvalue weighted by atomic mass is 16.6. The maximum absolute atomic E-state index is 12.7. The molecule has 1 amide bonds. The topological polar surface area (TPSA) is 84.0 Å². The first-order valence-electron chi connectivity index (χ1n) is 17.6. The molecule has 0 aromatic carbocycles. The molecule has 4 rings (SSSR count). The molecule has 4 aliphatic rings. The van der Waals surface area contributed by atoms with Crippen LogP contribution in [0.1, 0.15) is 99.3 Å². The van der Waals surface area contributed by atoms with Crippen molar-refractivity contribution in [1.29, 1.82) is 0 Å². The van der Waals surface area contributed by atoms with Crippen LogP contribution >= 0.6 is 0 Å². The van der Waals surface area contributed by atoms with Crippen LogP contribution in [0.4, 0.5) is 4.79 Å². The molecule has 252 valence electrons. The fraction of sp³-hybridized carbons (Fsp3) is 0.861. The van der Waals surface area contributed by atoms with Crippen molar-refractivity contribution in [2.24, 2.45) is 17.8 Å². The molecule has 8 nitrogen and oxygen atoms in total. The number of ether oxygens (including phenoxy) is 4. The van der Waals surface area contributed by atoms with Gasteiger partial charge in [-0.1, -0.05) is 58.3 Å². The molecule has 0 spiro atoms. The summed E-state index contributed by atoms with van der Waals surface area (Å²) in [5, 5.41) is 10.0. The van der Waals surface area contributed by atoms with E-state index >= 15 is 0 Å². The van der Waals surface area contributed by atoms with Gasteiger partial charge in [0.15, 0.2) is 0 Å². The molecule has 1 N–H and O–H groups in total. The molecule has 1 aliphatic carbocycles. The van der Waals surface area contributed by atoms with E-state index in [2.05, 4.69) is 57.7 Å². The zero-order valence-electron chi connectivity index (χ0n) is 28.7. The number of hydrogen-bond acceptors (Lipinski definition) is 7. The van der Waals surface area contributed by atoms with E-state index in [1.54, 1.807) is 14.0 Å². The summed E-state index contributed by atoms with van der Waals surface area (Å²) in [6.07, 6.45) is 16.5. The maximum Gasteiger partial charge on any atom is 0.409 e. The number of methoxy groups -OCH3 is 1. The van der Waals surface area contributed by atoms with Gasteiger partial charge in [0.05, 0.1) is 42.7 Å². The van der Waals surface area contributed by atoms with E-state index in [0.717, 1.165) is 51.9 Å². The van der Waals surface area contributed by atoms with Gasteiger partial charge in [0, 0.05) is 51.7 Å². The van der Waals surface area contributed by atoms with Gasteiger partial charge in [-0.25, -0.2) is 4.79 Å². The van der Waals surface area contributed by atoms with E-state index in [1.807, 2.05) is 4.90 Å². The highest BCUT2D eigenvalue weighted by molar-refractivity contribution is 5.67. The van der Waals surface area contributed by atoms with Crippen LogP contribution in [-0.4, -0.2) is 103 Å². The summed E-state index contributed by atoms with van der Waals surface area (Å²) in [5.41, 5.74) is 1.05. The number of aliphatic hydroxyl groups is 1. The summed E-state index contributed by atoms with van der Waals surface area (Å²) in [6.45, 7) is 16.6. The number of carbonyl (C=O) groups excluding carboxylic acids is 1. The lowest BCUT2D eigenvalue weighted by Gasteiger charge is -2.40. The van der Waals surface area contributed by atoms with E-state index in [4.69, 9.17) is 18.9 Å². The molecule has 0 bridgehead atoms. The van der Waals surface area contributed by atoms with E-state index in [0.29, 0.717) is 24.5 Å². The Bertz CT molecular complexity index is 956. The van der Waals surface area contributed by atoms with E-state index < -0.39 is 6.10 Å². The number of carbonyl (C=O) groups is 1. The zero-order valence-corrected chi connectivity index (χ0v) is 28.7. The maximum atomic E-state index is 12.7. The van der Waals surface area contributed by atoms with Gasteiger partial charge in [-0.3, -0.25) is 4.90 Å². The molecular formula is C36H62N2O6. The molecule has 3 saturated heterocycles. The van der Waals surface area contributed by atoms with Crippen LogP contribution < -0.4 is 0 Å². The minimum Gasteiger partial charge on any atom is -0.449 e. The Kier molecular flexibility index (Phi) is 13.2. The third kappa shape index (κ3) is 9.54. The summed E-state index contributed by atoms with van der Waals surface area (Å²) in [4.78, 5) is 17.2. The second-order valence-corrected chi connectivity index (χ2v) is 14.6. The molecule has 0 unspecified atom stereocenters. The summed E-state index contributed by atoms with van der Waals surface area (Å²) in [5.74, 6) is 0.947. The highest BCUT2D eigenvalue weighted by Gasteiger charge is 2.56. The summed E-state index contributed by atoms with van der Waals surface area (Å²) in [7, 11) is 1.65. The normalized spacial score (nSPS) is 33.6. The number of epoxide rings is 1. The molecule has 8 heteroatoms. The highest BCUT2D eigenvalue weighted by Crippen LogP contribution is 2.47. The van der Waals surface area contributed by atoms with Crippen LogP contribution in [0.2, 0.25) is 0 Å². The first-order chi connectivity index (χ1) is 21.0. The van der Waals surface area contributed by atoms with Crippen molar-refractivity contribution in [2.45, 2.75) is 141 Å². The van der Waals surface area contributed by atoms with E-state index in [1.165, 1.54) is 37.7 Å². The quantitative estimate of drug-likeness (QED) is 0.190. The van der Waals surface area contributed by atoms with Gasteiger partial charge in [-0.05, 0) is 70.3 Å². The Balaban J connectivity index is 1.16. The predicted octanol–water partition coefficient (Wildman–Crippen LogP) is 6.37. The average molecular weight is 619 g/mol. The third-order valence-electron chi connectivity index (χ3n) is 10.8. The minimum atomic E-state index is -0.523. The minimum absolute atomic E-state index is 0.0817. The SMILES string of the molecule is CO[C@H]([C@@H](C)[C@H]1O[C@]1(C)C[C@H](C)/C=C/C=C(\C)[C@H]1O[C@@H](CCOC(=O)N2CCN(C3CCCCC3)CC2)CC[C@@H]1C)[C@@H](C)O. The molecule has 44 heavy (non-hydrogen) atoms. The molecule has 0 aromatic rings. The molecule has 0 aromatic heterocycles. The van der Waals surface area contributed by atoms with Crippen molar-refractivity contribution in [2.75, 3.05) is 39.9 Å². The number of piperazine rings is 1. The van der Waals surface area contributed by atoms with Crippen molar-refractivity contribution in [1.82, 2.24) is 9.80 Å². The Labute approximate surface area is 267 Å². The molecule has 3 heterocycles. The van der Waals surface area contributed by atoms with Crippen LogP contribution in [0, 0.1) is 17.8 Å². The first-order valence-corrected chi connectivity index (χ1v) is 17.6. The van der Waals surface area contributed by atoms with Crippen molar-refractivity contribution in [3.8, 4) is 0 Å². The van der Waals surface area contributed by atoms with Gasteiger partial charge in [0.25, 0.3) is 0 Å². The predicted molar refractivity (Wildman–Crippen MR) is 175 cm³/mol. The van der Waals surface area contributed by atoms with Gasteiger partial charge < -0.3 is 29.0 Å². The van der Waals surface area contributed by atoms with Gasteiger partial charge in [-0.15, -0.1) is 0 Å². The van der Waals surface area contributed by atoms with E-state index in [-0.39, 0.29) is 42.0 Å². The fourth-order valence-corrected chi connectivity index (χ4v) is 8.17. The zero-order chi connectivity index (χ0) is 31.9. The summed E-state index contributed by atoms with van der Waals surface area (Å²) < 4.78 is 23.9. The molecular weight excluding hydrogens is 556 g/mol. The van der Waals surface area contributed by atoms with Crippen molar-refractivity contribution in [3.63, 3.8) is 0 Å². The van der Waals surface area contributed by atoms with Crippen molar-refractivity contribution in [3.05, 3.63) is 23.8 Å². The molecule has 4 fully saturated rings. The number of allylic oxidation sites excluding steroid dienone is 3. The average Bonchev–Trinajstić information content (AvgIpc) is 3.68. The summed E-state index contributed by atoms with van der Waals surface area (Å²) >= 11 is 0. The molecule has 3 aliphatic heterocycles. The standard InChI is InChI=1S/C36H62N2O6/c1-25(24-36(6)34(44-36)28(4)33(41-7)29(5)39)12-11-13-26(2)32-27(3)16-17-31(43-32)18-23-42-35(40)38-21-19-37(20-22-38)30-14-9-8-10-15-30/h11-13,25,27-34,39H,8-10,14-24H2,1-7H3/b12-11+,26-13+/t25-,27+,28-,29-,31-,32-,33-,34-,36-/m1/s1. The fourth-order valence-electron chi connectivity index (χ4n) is 8.17. The first kappa shape index (κ1) is 35.4. The smallest absolute Gasteiger partial charge is 0.409 e. The molecule has 9 atom stereocenters. The lowest BCUT2D eigenvalue weighted by Crippen LogP contribution is -2.52. The number of nitrogens with zero attached hydrogens (tertiary/aromatic N) is 2. The van der Waals surface area contributed by atoms with Gasteiger partial charge in [-0.2, -0.15) is 0 Å². The van der Waals surface area contributed by atoms with Crippen LogP contribution in [0.5, 0.6) is 0 Å². The number of amides is 1. The van der Waals surface area contributed by atoms with Crippen molar-refractivity contribution >= 4 is 6.09 Å².